The fraction of sp³-hybridized carbons (Fsp3) is 0.316. The Balaban J connectivity index is 0.000000251. The summed E-state index contributed by atoms with van der Waals surface area (Å²) >= 11 is 0. The van der Waals surface area contributed by atoms with Crippen molar-refractivity contribution in [1.82, 2.24) is 0 Å². The molecule has 25 heavy (non-hydrogen) atoms. The zero-order valence-electron chi connectivity index (χ0n) is 14.9. The molecule has 134 valence electrons. The maximum Gasteiger partial charge on any atom is 0.311 e. The maximum atomic E-state index is 10.3. The number of hydrogen-bond donors (Lipinski definition) is 0. The summed E-state index contributed by atoms with van der Waals surface area (Å²) in [5, 5.41) is 0. The molecule has 0 heterocycles. The van der Waals surface area contributed by atoms with Gasteiger partial charge in [0.25, 0.3) is 0 Å². The van der Waals surface area contributed by atoms with Gasteiger partial charge in [-0.25, -0.2) is 0 Å². The highest BCUT2D eigenvalue weighted by atomic mass is 32.2. The van der Waals surface area contributed by atoms with Gasteiger partial charge in [0.2, 0.25) is 0 Å². The third kappa shape index (κ3) is 7.30. The second-order valence-corrected chi connectivity index (χ2v) is 6.20. The number of aryl methyl sites for hydroxylation is 2. The lowest BCUT2D eigenvalue weighted by atomic mass is 10.1. The van der Waals surface area contributed by atoms with Gasteiger partial charge >= 0.3 is 10.5 Å². The van der Waals surface area contributed by atoms with Crippen LogP contribution in [-0.2, 0) is 17.0 Å². The fourth-order valence-corrected chi connectivity index (χ4v) is 2.45. The van der Waals surface area contributed by atoms with E-state index in [2.05, 4.69) is 37.3 Å². The Bertz CT molecular complexity index is 850. The van der Waals surface area contributed by atoms with E-state index in [0.717, 1.165) is 12.4 Å². The molecule has 0 spiro atoms. The first kappa shape index (κ1) is 20.6. The van der Waals surface area contributed by atoms with Crippen molar-refractivity contribution < 1.29 is 17.9 Å². The molecule has 0 bridgehead atoms. The molecule has 5 nitrogen and oxygen atoms in total. The van der Waals surface area contributed by atoms with Gasteiger partial charge in [-0.3, -0.25) is 4.79 Å². The van der Waals surface area contributed by atoms with Crippen LogP contribution >= 0.6 is 0 Å². The number of carbonyl (C=O) groups excluding carboxylic acids is 1. The van der Waals surface area contributed by atoms with Crippen molar-refractivity contribution in [2.45, 2.75) is 34.2 Å². The number of aldehydes is 1. The monoisotopic (exact) mass is 361 g/mol. The van der Waals surface area contributed by atoms with Gasteiger partial charge in [-0.05, 0) is 62.1 Å². The van der Waals surface area contributed by atoms with E-state index in [4.69, 9.17) is 4.74 Å². The molecule has 0 unspecified atom stereocenters. The van der Waals surface area contributed by atoms with Crippen LogP contribution in [0.1, 0.15) is 39.5 Å². The SMILES string of the molecule is CCOc1cc(C)cc(C)c1C.O=Cc1cccc(CN=S(=O)=O)c1. The van der Waals surface area contributed by atoms with Crippen LogP contribution in [0.4, 0.5) is 0 Å². The van der Waals surface area contributed by atoms with Crippen LogP contribution in [0.25, 0.3) is 0 Å². The van der Waals surface area contributed by atoms with Gasteiger partial charge in [-0.1, -0.05) is 24.3 Å². The summed E-state index contributed by atoms with van der Waals surface area (Å²) in [6.45, 7) is 9.14. The first-order valence-electron chi connectivity index (χ1n) is 7.89. The molecule has 2 aromatic rings. The molecular formula is C19H23NO4S. The molecule has 2 aromatic carbocycles. The highest BCUT2D eigenvalue weighted by Crippen LogP contribution is 2.22. The Morgan fingerprint density at radius 2 is 1.84 bits per heavy atom. The lowest BCUT2D eigenvalue weighted by molar-refractivity contribution is 0.112. The zero-order valence-corrected chi connectivity index (χ0v) is 15.8. The molecular weight excluding hydrogens is 338 g/mol. The molecule has 2 rings (SSSR count). The Morgan fingerprint density at radius 1 is 1.12 bits per heavy atom. The van der Waals surface area contributed by atoms with Gasteiger partial charge < -0.3 is 4.74 Å². The predicted molar refractivity (Wildman–Crippen MR) is 98.7 cm³/mol. The normalized spacial score (nSPS) is 9.60. The van der Waals surface area contributed by atoms with Crippen LogP contribution in [0, 0.1) is 20.8 Å². The quantitative estimate of drug-likeness (QED) is 0.753. The van der Waals surface area contributed by atoms with E-state index in [1.54, 1.807) is 24.3 Å². The minimum atomic E-state index is -2.39. The summed E-state index contributed by atoms with van der Waals surface area (Å²) in [5.74, 6) is 1.02. The van der Waals surface area contributed by atoms with Gasteiger partial charge in [-0.2, -0.15) is 12.8 Å². The average molecular weight is 361 g/mol. The molecule has 0 amide bonds. The van der Waals surface area contributed by atoms with Crippen molar-refractivity contribution in [2.75, 3.05) is 6.61 Å². The molecule has 0 saturated heterocycles. The molecule has 0 radical (unpaired) electrons. The number of ether oxygens (including phenoxy) is 1. The van der Waals surface area contributed by atoms with Crippen molar-refractivity contribution in [3.05, 3.63) is 64.2 Å². The molecule has 6 heteroatoms. The van der Waals surface area contributed by atoms with Gasteiger partial charge in [0.05, 0.1) is 13.2 Å². The maximum absolute atomic E-state index is 10.3. The Labute approximate surface area is 150 Å². The summed E-state index contributed by atoms with van der Waals surface area (Å²) in [5.41, 5.74) is 5.04. The van der Waals surface area contributed by atoms with Crippen molar-refractivity contribution in [1.29, 1.82) is 0 Å². The van der Waals surface area contributed by atoms with Crippen LogP contribution in [0.5, 0.6) is 5.75 Å². The van der Waals surface area contributed by atoms with Gasteiger partial charge in [0, 0.05) is 5.56 Å². The smallest absolute Gasteiger partial charge is 0.311 e. The van der Waals surface area contributed by atoms with E-state index >= 15 is 0 Å². The van der Waals surface area contributed by atoms with Crippen LogP contribution in [0.3, 0.4) is 0 Å². The molecule has 0 aliphatic carbocycles. The first-order valence-corrected chi connectivity index (χ1v) is 8.92. The lowest BCUT2D eigenvalue weighted by Crippen LogP contribution is -1.96. The van der Waals surface area contributed by atoms with Crippen molar-refractivity contribution in [3.63, 3.8) is 0 Å². The molecule has 0 N–H and O–H groups in total. The van der Waals surface area contributed by atoms with E-state index in [1.807, 2.05) is 6.92 Å². The van der Waals surface area contributed by atoms with Crippen LogP contribution < -0.4 is 4.74 Å². The molecule has 0 atom stereocenters. The number of nitrogens with zero attached hydrogens (tertiary/aromatic N) is 1. The van der Waals surface area contributed by atoms with Gasteiger partial charge in [0.15, 0.2) is 0 Å². The minimum absolute atomic E-state index is 0.0811. The molecule has 0 fully saturated rings. The molecule has 0 aliphatic rings. The van der Waals surface area contributed by atoms with Crippen LogP contribution in [0.15, 0.2) is 40.8 Å². The average Bonchev–Trinajstić information content (AvgIpc) is 2.58. The number of rotatable bonds is 5. The third-order valence-corrected chi connectivity index (χ3v) is 3.84. The Kier molecular flexibility index (Phi) is 8.56. The second kappa shape index (κ2) is 10.4. The number of carbonyl (C=O) groups is 1. The topological polar surface area (TPSA) is 72.8 Å². The number of hydrogen-bond acceptors (Lipinski definition) is 5. The zero-order chi connectivity index (χ0) is 18.8. The van der Waals surface area contributed by atoms with E-state index < -0.39 is 10.5 Å². The standard InChI is InChI=1S/C11H16O.C8H7NO3S/c1-5-12-11-7-8(2)6-9(3)10(11)4;10-6-8-3-1-2-7(4-8)5-9-13(11)12/h6-7H,5H2,1-4H3;1-4,6H,5H2. The van der Waals surface area contributed by atoms with E-state index in [0.29, 0.717) is 17.4 Å². The van der Waals surface area contributed by atoms with Crippen LogP contribution in [0.2, 0.25) is 0 Å². The minimum Gasteiger partial charge on any atom is -0.494 e. The van der Waals surface area contributed by atoms with Crippen LogP contribution in [-0.4, -0.2) is 21.3 Å². The molecule has 0 aromatic heterocycles. The number of benzene rings is 2. The summed E-state index contributed by atoms with van der Waals surface area (Å²) in [7, 11) is -2.39. The molecule has 0 saturated carbocycles. The highest BCUT2D eigenvalue weighted by molar-refractivity contribution is 7.61. The summed E-state index contributed by atoms with van der Waals surface area (Å²) in [6.07, 6.45) is 0.706. The first-order chi connectivity index (χ1) is 11.9. The summed E-state index contributed by atoms with van der Waals surface area (Å²) < 4.78 is 29.0. The fourth-order valence-electron chi connectivity index (χ4n) is 2.20. The largest absolute Gasteiger partial charge is 0.494 e. The summed E-state index contributed by atoms with van der Waals surface area (Å²) in [4.78, 5) is 10.3. The van der Waals surface area contributed by atoms with Crippen molar-refractivity contribution in [2.24, 2.45) is 4.36 Å². The predicted octanol–water partition coefficient (Wildman–Crippen LogP) is 4.07. The van der Waals surface area contributed by atoms with Gasteiger partial charge in [0.1, 0.15) is 12.0 Å². The Hall–Kier alpha value is -2.47. The lowest BCUT2D eigenvalue weighted by Gasteiger charge is -2.10. The van der Waals surface area contributed by atoms with Crippen molar-refractivity contribution in [3.8, 4) is 5.75 Å². The van der Waals surface area contributed by atoms with E-state index in [9.17, 15) is 13.2 Å². The van der Waals surface area contributed by atoms with Gasteiger partial charge in [-0.15, -0.1) is 0 Å². The van der Waals surface area contributed by atoms with E-state index in [-0.39, 0.29) is 6.54 Å². The second-order valence-electron chi connectivity index (χ2n) is 5.51. The van der Waals surface area contributed by atoms with Crippen molar-refractivity contribution >= 4 is 16.8 Å². The molecule has 0 aliphatic heterocycles. The Morgan fingerprint density at radius 3 is 2.44 bits per heavy atom. The van der Waals surface area contributed by atoms with E-state index in [1.165, 1.54) is 16.7 Å². The highest BCUT2D eigenvalue weighted by Gasteiger charge is 2.02. The third-order valence-electron chi connectivity index (χ3n) is 3.50. The summed E-state index contributed by atoms with van der Waals surface area (Å²) in [6, 6.07) is 10.9.